The zero-order valence-corrected chi connectivity index (χ0v) is 12.5. The highest BCUT2D eigenvalue weighted by atomic mass is 19.1. The molecule has 0 saturated heterocycles. The molecule has 6 heteroatoms. The van der Waals surface area contributed by atoms with E-state index in [9.17, 15) is 8.78 Å². The summed E-state index contributed by atoms with van der Waals surface area (Å²) in [6, 6.07) is 3.27. The average Bonchev–Trinajstić information content (AvgIpc) is 2.68. The van der Waals surface area contributed by atoms with E-state index in [4.69, 9.17) is 5.84 Å². The second-order valence-electron chi connectivity index (χ2n) is 5.28. The van der Waals surface area contributed by atoms with Gasteiger partial charge in [0, 0.05) is 18.8 Å². The summed E-state index contributed by atoms with van der Waals surface area (Å²) in [6.45, 7) is 3.91. The molecule has 3 N–H and O–H groups in total. The molecule has 0 amide bonds. The lowest BCUT2D eigenvalue weighted by Crippen LogP contribution is -2.39. The van der Waals surface area contributed by atoms with Gasteiger partial charge in [0.1, 0.15) is 11.6 Å². The van der Waals surface area contributed by atoms with Crippen molar-refractivity contribution in [3.8, 4) is 0 Å². The van der Waals surface area contributed by atoms with Crippen LogP contribution in [0.1, 0.15) is 22.5 Å². The SMILES string of the molecule is Cc1nn(C)c(C)c1CC(Cc1cc(F)ccc1F)NN. The van der Waals surface area contributed by atoms with E-state index < -0.39 is 11.6 Å². The molecule has 0 aliphatic heterocycles. The molecule has 21 heavy (non-hydrogen) atoms. The Hall–Kier alpha value is -1.79. The molecule has 0 fully saturated rings. The van der Waals surface area contributed by atoms with Crippen LogP contribution < -0.4 is 11.3 Å². The second-order valence-corrected chi connectivity index (χ2v) is 5.28. The van der Waals surface area contributed by atoms with Crippen molar-refractivity contribution >= 4 is 0 Å². The van der Waals surface area contributed by atoms with Gasteiger partial charge in [0.2, 0.25) is 0 Å². The first-order valence-electron chi connectivity index (χ1n) is 6.81. The van der Waals surface area contributed by atoms with E-state index in [1.54, 1.807) is 4.68 Å². The Bertz CT molecular complexity index is 637. The number of nitrogens with two attached hydrogens (primary N) is 1. The molecule has 0 aliphatic carbocycles. The Balaban J connectivity index is 2.19. The van der Waals surface area contributed by atoms with Crippen LogP contribution in [0.2, 0.25) is 0 Å². The van der Waals surface area contributed by atoms with Gasteiger partial charge >= 0.3 is 0 Å². The lowest BCUT2D eigenvalue weighted by atomic mass is 9.98. The summed E-state index contributed by atoms with van der Waals surface area (Å²) < 4.78 is 28.8. The fourth-order valence-corrected chi connectivity index (χ4v) is 2.51. The molecule has 4 nitrogen and oxygen atoms in total. The summed E-state index contributed by atoms with van der Waals surface area (Å²) in [5.41, 5.74) is 6.06. The molecule has 1 aromatic heterocycles. The maximum atomic E-state index is 13.7. The van der Waals surface area contributed by atoms with Gasteiger partial charge in [-0.3, -0.25) is 16.0 Å². The van der Waals surface area contributed by atoms with Crippen LogP contribution in [0.3, 0.4) is 0 Å². The minimum Gasteiger partial charge on any atom is -0.272 e. The summed E-state index contributed by atoms with van der Waals surface area (Å²) in [5.74, 6) is 4.70. The highest BCUT2D eigenvalue weighted by Gasteiger charge is 2.17. The Labute approximate surface area is 122 Å². The van der Waals surface area contributed by atoms with Gasteiger partial charge in [-0.2, -0.15) is 5.10 Å². The summed E-state index contributed by atoms with van der Waals surface area (Å²) in [5, 5.41) is 4.35. The van der Waals surface area contributed by atoms with E-state index in [2.05, 4.69) is 10.5 Å². The molecule has 1 atom stereocenters. The molecule has 2 aromatic rings. The number of aryl methyl sites for hydroxylation is 2. The quantitative estimate of drug-likeness (QED) is 0.654. The summed E-state index contributed by atoms with van der Waals surface area (Å²) in [4.78, 5) is 0. The number of halogens is 2. The highest BCUT2D eigenvalue weighted by molar-refractivity contribution is 5.27. The smallest absolute Gasteiger partial charge is 0.126 e. The van der Waals surface area contributed by atoms with Crippen molar-refractivity contribution in [3.05, 3.63) is 52.3 Å². The molecule has 0 spiro atoms. The molecule has 1 heterocycles. The number of benzene rings is 1. The van der Waals surface area contributed by atoms with Gasteiger partial charge in [-0.15, -0.1) is 0 Å². The maximum absolute atomic E-state index is 13.7. The van der Waals surface area contributed by atoms with Crippen molar-refractivity contribution < 1.29 is 8.78 Å². The predicted octanol–water partition coefficient (Wildman–Crippen LogP) is 1.93. The molecular formula is C15H20F2N4. The number of aromatic nitrogens is 2. The lowest BCUT2D eigenvalue weighted by Gasteiger charge is -2.17. The minimum atomic E-state index is -0.448. The largest absolute Gasteiger partial charge is 0.272 e. The first-order valence-corrected chi connectivity index (χ1v) is 6.81. The number of nitrogens with zero attached hydrogens (tertiary/aromatic N) is 2. The Morgan fingerprint density at radius 2 is 2.00 bits per heavy atom. The van der Waals surface area contributed by atoms with Crippen molar-refractivity contribution in [2.24, 2.45) is 12.9 Å². The van der Waals surface area contributed by atoms with E-state index in [0.717, 1.165) is 29.1 Å². The van der Waals surface area contributed by atoms with Crippen LogP contribution in [0.15, 0.2) is 18.2 Å². The van der Waals surface area contributed by atoms with E-state index >= 15 is 0 Å². The monoisotopic (exact) mass is 294 g/mol. The Morgan fingerprint density at radius 1 is 1.29 bits per heavy atom. The average molecular weight is 294 g/mol. The highest BCUT2D eigenvalue weighted by Crippen LogP contribution is 2.17. The van der Waals surface area contributed by atoms with Crippen molar-refractivity contribution in [1.29, 1.82) is 0 Å². The van der Waals surface area contributed by atoms with Crippen LogP contribution in [0.25, 0.3) is 0 Å². The van der Waals surface area contributed by atoms with Crippen molar-refractivity contribution in [2.75, 3.05) is 0 Å². The molecule has 1 unspecified atom stereocenters. The van der Waals surface area contributed by atoms with Gasteiger partial charge in [0.15, 0.2) is 0 Å². The van der Waals surface area contributed by atoms with Gasteiger partial charge < -0.3 is 0 Å². The summed E-state index contributed by atoms with van der Waals surface area (Å²) in [7, 11) is 1.88. The van der Waals surface area contributed by atoms with Crippen LogP contribution in [-0.2, 0) is 19.9 Å². The van der Waals surface area contributed by atoms with Crippen LogP contribution in [0.4, 0.5) is 8.78 Å². The molecule has 0 saturated carbocycles. The fourth-order valence-electron chi connectivity index (χ4n) is 2.51. The van der Waals surface area contributed by atoms with Gasteiger partial charge in [-0.05, 0) is 56.0 Å². The van der Waals surface area contributed by atoms with Crippen LogP contribution >= 0.6 is 0 Å². The fraction of sp³-hybridized carbons (Fsp3) is 0.400. The summed E-state index contributed by atoms with van der Waals surface area (Å²) >= 11 is 0. The number of hydrogen-bond acceptors (Lipinski definition) is 3. The molecular weight excluding hydrogens is 274 g/mol. The van der Waals surface area contributed by atoms with E-state index in [1.807, 2.05) is 20.9 Å². The van der Waals surface area contributed by atoms with Crippen molar-refractivity contribution in [1.82, 2.24) is 15.2 Å². The topological polar surface area (TPSA) is 55.9 Å². The van der Waals surface area contributed by atoms with Crippen molar-refractivity contribution in [3.63, 3.8) is 0 Å². The normalized spacial score (nSPS) is 12.7. The van der Waals surface area contributed by atoms with Crippen LogP contribution in [-0.4, -0.2) is 15.8 Å². The number of hydrazine groups is 1. The number of hydrogen-bond donors (Lipinski definition) is 2. The minimum absolute atomic E-state index is 0.192. The third-order valence-electron chi connectivity index (χ3n) is 3.82. The number of nitrogens with one attached hydrogen (secondary N) is 1. The van der Waals surface area contributed by atoms with E-state index in [1.165, 1.54) is 6.07 Å². The molecule has 2 rings (SSSR count). The number of rotatable bonds is 5. The van der Waals surface area contributed by atoms with Crippen molar-refractivity contribution in [2.45, 2.75) is 32.7 Å². The maximum Gasteiger partial charge on any atom is 0.126 e. The third kappa shape index (κ3) is 3.46. The Morgan fingerprint density at radius 3 is 2.57 bits per heavy atom. The standard InChI is InChI=1S/C15H20F2N4/c1-9-14(10(2)21(3)20-9)8-13(19-18)7-11-6-12(16)4-5-15(11)17/h4-6,13,19H,7-8,18H2,1-3H3. The van der Waals surface area contributed by atoms with Crippen LogP contribution in [0.5, 0.6) is 0 Å². The lowest BCUT2D eigenvalue weighted by molar-refractivity contribution is 0.501. The first kappa shape index (κ1) is 15.6. The van der Waals surface area contributed by atoms with Gasteiger partial charge in [0.25, 0.3) is 0 Å². The van der Waals surface area contributed by atoms with E-state index in [-0.39, 0.29) is 6.04 Å². The second kappa shape index (κ2) is 6.32. The first-order chi connectivity index (χ1) is 9.92. The van der Waals surface area contributed by atoms with Crippen LogP contribution in [0, 0.1) is 25.5 Å². The molecule has 1 aromatic carbocycles. The zero-order valence-electron chi connectivity index (χ0n) is 12.5. The Kier molecular flexibility index (Phi) is 4.69. The summed E-state index contributed by atoms with van der Waals surface area (Å²) in [6.07, 6.45) is 0.922. The van der Waals surface area contributed by atoms with Gasteiger partial charge in [-0.1, -0.05) is 0 Å². The molecule has 114 valence electrons. The van der Waals surface area contributed by atoms with E-state index in [0.29, 0.717) is 18.4 Å². The molecule has 0 bridgehead atoms. The van der Waals surface area contributed by atoms with Gasteiger partial charge in [-0.25, -0.2) is 8.78 Å². The third-order valence-corrected chi connectivity index (χ3v) is 3.82. The zero-order chi connectivity index (χ0) is 15.6. The predicted molar refractivity (Wildman–Crippen MR) is 77.6 cm³/mol. The molecule has 0 radical (unpaired) electrons. The van der Waals surface area contributed by atoms with Gasteiger partial charge in [0.05, 0.1) is 5.69 Å². The molecule has 0 aliphatic rings.